The molecule has 0 aliphatic carbocycles. The van der Waals surface area contributed by atoms with Gasteiger partial charge in [-0.3, -0.25) is 4.79 Å². The summed E-state index contributed by atoms with van der Waals surface area (Å²) < 4.78 is 7.46. The zero-order chi connectivity index (χ0) is 18.5. The van der Waals surface area contributed by atoms with Crippen LogP contribution in [0.3, 0.4) is 0 Å². The maximum Gasteiger partial charge on any atom is 0.256 e. The number of hydrogen-bond donors (Lipinski definition) is 1. The van der Waals surface area contributed by atoms with Gasteiger partial charge in [0.2, 0.25) is 0 Å². The highest BCUT2D eigenvalue weighted by atomic mass is 16.5. The minimum absolute atomic E-state index is 0.0893. The monoisotopic (exact) mass is 368 g/mol. The van der Waals surface area contributed by atoms with E-state index in [0.29, 0.717) is 11.6 Å². The van der Waals surface area contributed by atoms with Gasteiger partial charge in [-0.05, 0) is 50.3 Å². The van der Waals surface area contributed by atoms with Gasteiger partial charge in [-0.2, -0.15) is 5.10 Å². The largest absolute Gasteiger partial charge is 0.381 e. The number of amides is 1. The third-order valence-corrected chi connectivity index (χ3v) is 5.73. The van der Waals surface area contributed by atoms with E-state index in [9.17, 15) is 4.79 Å². The van der Waals surface area contributed by atoms with Crippen molar-refractivity contribution in [2.24, 2.45) is 5.92 Å². The number of likely N-dealkylation sites (tertiary alicyclic amines) is 1. The van der Waals surface area contributed by atoms with Crippen molar-refractivity contribution in [3.8, 4) is 0 Å². The molecule has 6 heteroatoms. The van der Waals surface area contributed by atoms with Crippen molar-refractivity contribution in [1.29, 1.82) is 0 Å². The van der Waals surface area contributed by atoms with Crippen molar-refractivity contribution in [2.75, 3.05) is 38.2 Å². The summed E-state index contributed by atoms with van der Waals surface area (Å²) in [4.78, 5) is 15.0. The van der Waals surface area contributed by atoms with Crippen LogP contribution in [0.2, 0.25) is 0 Å². The third kappa shape index (κ3) is 4.57. The summed E-state index contributed by atoms with van der Waals surface area (Å²) in [6.07, 6.45) is 6.36. The molecule has 2 aliphatic heterocycles. The highest BCUT2D eigenvalue weighted by Gasteiger charge is 2.24. The predicted molar refractivity (Wildman–Crippen MR) is 105 cm³/mol. The molecule has 1 aromatic heterocycles. The highest BCUT2D eigenvalue weighted by Crippen LogP contribution is 2.26. The van der Waals surface area contributed by atoms with Crippen molar-refractivity contribution < 1.29 is 9.53 Å². The van der Waals surface area contributed by atoms with Crippen LogP contribution >= 0.6 is 0 Å². The molecule has 6 nitrogen and oxygen atoms in total. The lowest BCUT2D eigenvalue weighted by Crippen LogP contribution is -2.36. The maximum atomic E-state index is 12.4. The number of benzene rings is 1. The van der Waals surface area contributed by atoms with Gasteiger partial charge in [0.05, 0.1) is 12.2 Å². The van der Waals surface area contributed by atoms with Crippen LogP contribution in [0.4, 0.5) is 5.82 Å². The van der Waals surface area contributed by atoms with E-state index in [1.807, 2.05) is 41.1 Å². The molecule has 1 aromatic carbocycles. The molecule has 1 N–H and O–H groups in total. The average Bonchev–Trinajstić information content (AvgIpc) is 3.39. The lowest BCUT2D eigenvalue weighted by molar-refractivity contribution is 0.102. The van der Waals surface area contributed by atoms with E-state index in [1.165, 1.54) is 12.8 Å². The minimum atomic E-state index is -0.0893. The molecule has 2 aliphatic rings. The first-order valence-corrected chi connectivity index (χ1v) is 9.99. The summed E-state index contributed by atoms with van der Waals surface area (Å²) in [6, 6.07) is 11.5. The molecule has 2 saturated heterocycles. The van der Waals surface area contributed by atoms with Gasteiger partial charge in [-0.25, -0.2) is 4.68 Å². The van der Waals surface area contributed by atoms with Crippen LogP contribution in [-0.2, 0) is 4.74 Å². The Balaban J connectivity index is 1.30. The molecule has 0 saturated carbocycles. The van der Waals surface area contributed by atoms with Gasteiger partial charge >= 0.3 is 0 Å². The first-order valence-electron chi connectivity index (χ1n) is 9.99. The van der Waals surface area contributed by atoms with Crippen LogP contribution in [0.25, 0.3) is 0 Å². The number of nitrogens with one attached hydrogen (secondary N) is 1. The number of piperidine rings is 1. The van der Waals surface area contributed by atoms with Gasteiger partial charge in [-0.15, -0.1) is 0 Å². The molecule has 2 aromatic rings. The van der Waals surface area contributed by atoms with E-state index in [0.717, 1.165) is 57.4 Å². The summed E-state index contributed by atoms with van der Waals surface area (Å²) in [5.41, 5.74) is 0.663. The minimum Gasteiger partial charge on any atom is -0.381 e. The summed E-state index contributed by atoms with van der Waals surface area (Å²) in [6.45, 7) is 5.21. The Morgan fingerprint density at radius 3 is 2.70 bits per heavy atom. The van der Waals surface area contributed by atoms with Gasteiger partial charge < -0.3 is 15.0 Å². The van der Waals surface area contributed by atoms with Gasteiger partial charge in [0.25, 0.3) is 5.91 Å². The Morgan fingerprint density at radius 2 is 1.96 bits per heavy atom. The Morgan fingerprint density at radius 1 is 1.15 bits per heavy atom. The van der Waals surface area contributed by atoms with Crippen molar-refractivity contribution in [3.05, 3.63) is 48.2 Å². The smallest absolute Gasteiger partial charge is 0.256 e. The molecule has 4 rings (SSSR count). The summed E-state index contributed by atoms with van der Waals surface area (Å²) >= 11 is 0. The highest BCUT2D eigenvalue weighted by molar-refractivity contribution is 6.03. The number of anilines is 1. The first-order chi connectivity index (χ1) is 13.3. The molecular formula is C21H28N4O2. The van der Waals surface area contributed by atoms with Crippen molar-refractivity contribution >= 4 is 11.7 Å². The Kier molecular flexibility index (Phi) is 5.84. The van der Waals surface area contributed by atoms with Crippen LogP contribution < -0.4 is 5.32 Å². The summed E-state index contributed by atoms with van der Waals surface area (Å²) in [7, 11) is 0. The number of rotatable bonds is 6. The van der Waals surface area contributed by atoms with Crippen LogP contribution in [0.1, 0.15) is 42.1 Å². The van der Waals surface area contributed by atoms with E-state index in [2.05, 4.69) is 15.3 Å². The fourth-order valence-corrected chi connectivity index (χ4v) is 4.05. The number of ether oxygens (including phenoxy) is 1. The number of aromatic nitrogens is 2. The van der Waals surface area contributed by atoms with Gasteiger partial charge in [0.15, 0.2) is 0 Å². The molecule has 0 radical (unpaired) electrons. The molecule has 3 heterocycles. The van der Waals surface area contributed by atoms with Gasteiger partial charge in [0, 0.05) is 37.9 Å². The van der Waals surface area contributed by atoms with E-state index in [4.69, 9.17) is 4.74 Å². The molecule has 0 spiro atoms. The Hall–Kier alpha value is -2.18. The second-order valence-electron chi connectivity index (χ2n) is 7.57. The topological polar surface area (TPSA) is 59.4 Å². The summed E-state index contributed by atoms with van der Waals surface area (Å²) in [5.74, 6) is 1.44. The number of hydrogen-bond acceptors (Lipinski definition) is 4. The third-order valence-electron chi connectivity index (χ3n) is 5.73. The van der Waals surface area contributed by atoms with E-state index >= 15 is 0 Å². The molecule has 1 amide bonds. The fraction of sp³-hybridized carbons (Fsp3) is 0.524. The standard InChI is InChI=1S/C21H28N4O2/c26-21(18-4-2-1-3-5-18)23-20-6-11-22-25(20)19-8-13-24(14-9-19)12-7-17-10-15-27-16-17/h1-6,11,17,19H,7-10,12-16H2,(H,23,26)/t17-/m0/s1. The lowest BCUT2D eigenvalue weighted by Gasteiger charge is -2.33. The van der Waals surface area contributed by atoms with Crippen LogP contribution in [-0.4, -0.2) is 53.4 Å². The second kappa shape index (κ2) is 8.67. The first kappa shape index (κ1) is 18.2. The van der Waals surface area contributed by atoms with Gasteiger partial charge in [0.1, 0.15) is 5.82 Å². The summed E-state index contributed by atoms with van der Waals surface area (Å²) in [5, 5.41) is 7.50. The molecule has 0 bridgehead atoms. The maximum absolute atomic E-state index is 12.4. The normalized spacial score (nSPS) is 21.4. The molecule has 1 atom stereocenters. The van der Waals surface area contributed by atoms with Crippen molar-refractivity contribution in [1.82, 2.24) is 14.7 Å². The average molecular weight is 368 g/mol. The Bertz CT molecular complexity index is 732. The molecule has 144 valence electrons. The molecule has 0 unspecified atom stereocenters. The van der Waals surface area contributed by atoms with Gasteiger partial charge in [-0.1, -0.05) is 18.2 Å². The molecular weight excluding hydrogens is 340 g/mol. The molecule has 27 heavy (non-hydrogen) atoms. The fourth-order valence-electron chi connectivity index (χ4n) is 4.05. The quantitative estimate of drug-likeness (QED) is 0.851. The number of nitrogens with zero attached hydrogens (tertiary/aromatic N) is 3. The van der Waals surface area contributed by atoms with Crippen LogP contribution in [0.15, 0.2) is 42.6 Å². The van der Waals surface area contributed by atoms with E-state index < -0.39 is 0 Å². The van der Waals surface area contributed by atoms with Crippen molar-refractivity contribution in [2.45, 2.75) is 31.7 Å². The van der Waals surface area contributed by atoms with Crippen LogP contribution in [0.5, 0.6) is 0 Å². The zero-order valence-electron chi connectivity index (χ0n) is 15.7. The number of carbonyl (C=O) groups excluding carboxylic acids is 1. The van der Waals surface area contributed by atoms with Crippen LogP contribution in [0, 0.1) is 5.92 Å². The zero-order valence-corrected chi connectivity index (χ0v) is 15.7. The molecule has 2 fully saturated rings. The Labute approximate surface area is 160 Å². The number of carbonyl (C=O) groups is 1. The van der Waals surface area contributed by atoms with Crippen molar-refractivity contribution in [3.63, 3.8) is 0 Å². The second-order valence-corrected chi connectivity index (χ2v) is 7.57. The van der Waals surface area contributed by atoms with E-state index in [1.54, 1.807) is 6.20 Å². The lowest BCUT2D eigenvalue weighted by atomic mass is 10.0. The predicted octanol–water partition coefficient (Wildman–Crippen LogP) is 3.20. The SMILES string of the molecule is O=C(Nc1ccnn1C1CCN(CC[C@H]2CCOC2)CC1)c1ccccc1. The van der Waals surface area contributed by atoms with E-state index in [-0.39, 0.29) is 5.91 Å².